The van der Waals surface area contributed by atoms with E-state index in [1.54, 1.807) is 4.57 Å². The molecule has 5 nitrogen and oxygen atoms in total. The van der Waals surface area contributed by atoms with Crippen LogP contribution >= 0.6 is 15.9 Å². The van der Waals surface area contributed by atoms with Gasteiger partial charge in [0.2, 0.25) is 5.91 Å². The predicted molar refractivity (Wildman–Crippen MR) is 148 cm³/mol. The van der Waals surface area contributed by atoms with Crippen LogP contribution in [0.15, 0.2) is 57.8 Å². The molecule has 3 rings (SSSR count). The number of carbonyl (C=O) groups is 1. The molecule has 1 heterocycles. The maximum atomic E-state index is 13.7. The van der Waals surface area contributed by atoms with E-state index in [9.17, 15) is 9.59 Å². The van der Waals surface area contributed by atoms with Crippen molar-refractivity contribution >= 4 is 32.7 Å². The Morgan fingerprint density at radius 3 is 2.31 bits per heavy atom. The van der Waals surface area contributed by atoms with Gasteiger partial charge in [0, 0.05) is 17.4 Å². The highest BCUT2D eigenvalue weighted by atomic mass is 79.9. The van der Waals surface area contributed by atoms with Crippen LogP contribution in [0.25, 0.3) is 16.6 Å². The van der Waals surface area contributed by atoms with Gasteiger partial charge < -0.3 is 4.90 Å². The zero-order valence-electron chi connectivity index (χ0n) is 21.5. The van der Waals surface area contributed by atoms with E-state index < -0.39 is 0 Å². The summed E-state index contributed by atoms with van der Waals surface area (Å²) in [4.78, 5) is 33.9. The highest BCUT2D eigenvalue weighted by Gasteiger charge is 2.27. The molecule has 0 fully saturated rings. The molecular weight excluding hydrogens is 502 g/mol. The zero-order chi connectivity index (χ0) is 25.4. The molecule has 0 N–H and O–H groups in total. The first-order valence-electron chi connectivity index (χ1n) is 12.9. The summed E-state index contributed by atoms with van der Waals surface area (Å²) in [6.45, 7) is 9.07. The normalized spacial score (nSPS) is 12.3. The summed E-state index contributed by atoms with van der Waals surface area (Å²) in [6.07, 6.45) is 7.39. The van der Waals surface area contributed by atoms with E-state index in [2.05, 4.69) is 36.7 Å². The second kappa shape index (κ2) is 13.0. The van der Waals surface area contributed by atoms with Crippen LogP contribution in [0.3, 0.4) is 0 Å². The highest BCUT2D eigenvalue weighted by molar-refractivity contribution is 9.10. The molecule has 0 saturated carbocycles. The van der Waals surface area contributed by atoms with Gasteiger partial charge in [-0.15, -0.1) is 0 Å². The number of unbranched alkanes of at least 4 members (excludes halogenated alkanes) is 5. The number of rotatable bonds is 12. The maximum Gasteiger partial charge on any atom is 0.266 e. The van der Waals surface area contributed by atoms with Gasteiger partial charge in [-0.1, -0.05) is 80.9 Å². The van der Waals surface area contributed by atoms with E-state index in [1.807, 2.05) is 60.4 Å². The zero-order valence-corrected chi connectivity index (χ0v) is 23.1. The van der Waals surface area contributed by atoms with Gasteiger partial charge in [0.15, 0.2) is 0 Å². The van der Waals surface area contributed by atoms with Crippen molar-refractivity contribution in [1.82, 2.24) is 14.5 Å². The Labute approximate surface area is 217 Å². The summed E-state index contributed by atoms with van der Waals surface area (Å²) < 4.78 is 2.61. The molecule has 1 atom stereocenters. The smallest absolute Gasteiger partial charge is 0.266 e. The van der Waals surface area contributed by atoms with Crippen LogP contribution in [0.5, 0.6) is 0 Å². The molecule has 2 aromatic carbocycles. The fraction of sp³-hybridized carbons (Fsp3) is 0.483. The molecule has 1 aromatic heterocycles. The van der Waals surface area contributed by atoms with Gasteiger partial charge in [-0.3, -0.25) is 14.2 Å². The predicted octanol–water partition coefficient (Wildman–Crippen LogP) is 7.44. The number of carbonyl (C=O) groups excluding carboxylic acids is 1. The highest BCUT2D eigenvalue weighted by Crippen LogP contribution is 2.25. The Morgan fingerprint density at radius 1 is 0.971 bits per heavy atom. The number of amides is 1. The van der Waals surface area contributed by atoms with E-state index in [-0.39, 0.29) is 17.5 Å². The number of hydrogen-bond donors (Lipinski definition) is 0. The molecule has 188 valence electrons. The molecule has 0 radical (unpaired) electrons. The lowest BCUT2D eigenvalue weighted by Gasteiger charge is -2.32. The van der Waals surface area contributed by atoms with Crippen molar-refractivity contribution in [2.75, 3.05) is 6.54 Å². The summed E-state index contributed by atoms with van der Waals surface area (Å²) in [6, 6.07) is 14.7. The number of nitrogens with zero attached hydrogens (tertiary/aromatic N) is 3. The van der Waals surface area contributed by atoms with Crippen molar-refractivity contribution in [3.63, 3.8) is 0 Å². The van der Waals surface area contributed by atoms with E-state index in [4.69, 9.17) is 4.98 Å². The molecule has 0 aliphatic carbocycles. The lowest BCUT2D eigenvalue weighted by Crippen LogP contribution is -2.39. The van der Waals surface area contributed by atoms with Crippen LogP contribution in [-0.4, -0.2) is 26.9 Å². The lowest BCUT2D eigenvalue weighted by molar-refractivity contribution is -0.134. The third-order valence-corrected chi connectivity index (χ3v) is 6.88. The van der Waals surface area contributed by atoms with Crippen molar-refractivity contribution in [2.45, 2.75) is 78.7 Å². The minimum absolute atomic E-state index is 0.118. The summed E-state index contributed by atoms with van der Waals surface area (Å²) in [5.74, 6) is 1.03. The lowest BCUT2D eigenvalue weighted by atomic mass is 10.1. The number of para-hydroxylation sites is 1. The average molecular weight is 541 g/mol. The van der Waals surface area contributed by atoms with Crippen LogP contribution < -0.4 is 5.56 Å². The molecule has 1 unspecified atom stereocenters. The van der Waals surface area contributed by atoms with Crippen molar-refractivity contribution in [3.8, 4) is 5.69 Å². The summed E-state index contributed by atoms with van der Waals surface area (Å²) in [5, 5.41) is 0.570. The van der Waals surface area contributed by atoms with Gasteiger partial charge in [-0.05, 0) is 55.7 Å². The van der Waals surface area contributed by atoms with Crippen LogP contribution in [0.4, 0.5) is 0 Å². The van der Waals surface area contributed by atoms with E-state index in [1.165, 1.54) is 25.7 Å². The molecule has 0 saturated heterocycles. The van der Waals surface area contributed by atoms with Gasteiger partial charge in [0.25, 0.3) is 5.56 Å². The molecule has 35 heavy (non-hydrogen) atoms. The summed E-state index contributed by atoms with van der Waals surface area (Å²) in [7, 11) is 0. The van der Waals surface area contributed by atoms with Crippen molar-refractivity contribution < 1.29 is 4.79 Å². The maximum absolute atomic E-state index is 13.7. The SMILES string of the molecule is CCCCCCCCC(=O)N(CC(C)C)C(C)c1nc2ccccc2c(=O)n1-c1ccc(Br)cc1. The Hall–Kier alpha value is -2.47. The quantitative estimate of drug-likeness (QED) is 0.224. The number of hydrogen-bond acceptors (Lipinski definition) is 3. The fourth-order valence-electron chi connectivity index (χ4n) is 4.48. The van der Waals surface area contributed by atoms with Crippen LogP contribution in [0, 0.1) is 5.92 Å². The first-order valence-corrected chi connectivity index (χ1v) is 13.7. The van der Waals surface area contributed by atoms with E-state index >= 15 is 0 Å². The van der Waals surface area contributed by atoms with Crippen LogP contribution in [0.1, 0.15) is 84.5 Å². The second-order valence-corrected chi connectivity index (χ2v) is 10.7. The van der Waals surface area contributed by atoms with Gasteiger partial charge in [-0.25, -0.2) is 4.98 Å². The van der Waals surface area contributed by atoms with Gasteiger partial charge in [-0.2, -0.15) is 0 Å². The van der Waals surface area contributed by atoms with Gasteiger partial charge in [0.1, 0.15) is 5.82 Å². The monoisotopic (exact) mass is 539 g/mol. The van der Waals surface area contributed by atoms with E-state index in [0.717, 1.165) is 23.0 Å². The van der Waals surface area contributed by atoms with E-state index in [0.29, 0.717) is 35.6 Å². The molecule has 0 aliphatic rings. The Balaban J connectivity index is 1.98. The molecule has 0 bridgehead atoms. The number of halogens is 1. The summed E-state index contributed by atoms with van der Waals surface area (Å²) >= 11 is 3.48. The Bertz CT molecular complexity index is 1170. The third kappa shape index (κ3) is 7.03. The van der Waals surface area contributed by atoms with Crippen molar-refractivity contribution in [1.29, 1.82) is 0 Å². The molecule has 1 amide bonds. The summed E-state index contributed by atoms with van der Waals surface area (Å²) in [5.41, 5.74) is 1.28. The first kappa shape index (κ1) is 27.1. The Morgan fingerprint density at radius 2 is 1.63 bits per heavy atom. The molecule has 6 heteroatoms. The fourth-order valence-corrected chi connectivity index (χ4v) is 4.74. The largest absolute Gasteiger partial charge is 0.333 e. The standard InChI is InChI=1S/C29H38BrN3O2/c1-5-6-7-8-9-10-15-27(34)32(20-21(2)3)22(4)28-31-26-14-12-11-13-25(26)29(35)33(28)24-18-16-23(30)17-19-24/h11-14,16-19,21-22H,5-10,15,20H2,1-4H3. The molecular formula is C29H38BrN3O2. The average Bonchev–Trinajstić information content (AvgIpc) is 2.84. The van der Waals surface area contributed by atoms with Crippen LogP contribution in [0.2, 0.25) is 0 Å². The number of aromatic nitrogens is 2. The van der Waals surface area contributed by atoms with Gasteiger partial charge >= 0.3 is 0 Å². The minimum atomic E-state index is -0.342. The van der Waals surface area contributed by atoms with Crippen LogP contribution in [-0.2, 0) is 4.79 Å². The topological polar surface area (TPSA) is 55.2 Å². The van der Waals surface area contributed by atoms with Crippen molar-refractivity contribution in [3.05, 3.63) is 69.2 Å². The number of benzene rings is 2. The second-order valence-electron chi connectivity index (χ2n) is 9.74. The number of fused-ring (bicyclic) bond motifs is 1. The molecule has 0 spiro atoms. The Kier molecular flexibility index (Phi) is 10.1. The third-order valence-electron chi connectivity index (χ3n) is 6.35. The molecule has 0 aliphatic heterocycles. The first-order chi connectivity index (χ1) is 16.8. The minimum Gasteiger partial charge on any atom is -0.333 e. The van der Waals surface area contributed by atoms with Gasteiger partial charge in [0.05, 0.1) is 22.6 Å². The van der Waals surface area contributed by atoms with Crippen molar-refractivity contribution in [2.24, 2.45) is 5.92 Å². The molecule has 3 aromatic rings.